The smallest absolute Gasteiger partial charge is 0.461 e. The molecule has 0 radical (unpaired) electrons. The van der Waals surface area contributed by atoms with Crippen LogP contribution in [0.1, 0.15) is 39.0 Å². The Morgan fingerprint density at radius 2 is 1.97 bits per heavy atom. The van der Waals surface area contributed by atoms with E-state index in [4.69, 9.17) is 9.47 Å². The first-order valence-electron chi connectivity index (χ1n) is 11.5. The molecule has 10 nitrogen and oxygen atoms in total. The van der Waals surface area contributed by atoms with Crippen molar-refractivity contribution in [2.24, 2.45) is 7.05 Å². The average molecular weight is 496 g/mol. The zero-order valence-electron chi connectivity index (χ0n) is 19.5. The van der Waals surface area contributed by atoms with Gasteiger partial charge in [0.15, 0.2) is 17.4 Å². The van der Waals surface area contributed by atoms with Gasteiger partial charge in [0.2, 0.25) is 5.95 Å². The lowest BCUT2D eigenvalue weighted by Crippen LogP contribution is -2.55. The maximum Gasteiger partial charge on any atom is 0.491 e. The Labute approximate surface area is 199 Å². The number of fused-ring (bicyclic) bond motifs is 1. The van der Waals surface area contributed by atoms with Crippen LogP contribution in [0.25, 0.3) is 11.2 Å². The number of carbonyl (C=O) groups is 1. The molecule has 4 rings (SSSR count). The second-order valence-electron chi connectivity index (χ2n) is 8.49. The lowest BCUT2D eigenvalue weighted by Gasteiger charge is -2.36. The van der Waals surface area contributed by atoms with Crippen molar-refractivity contribution in [2.45, 2.75) is 64.1 Å². The fourth-order valence-corrected chi connectivity index (χ4v) is 4.30. The first-order valence-corrected chi connectivity index (χ1v) is 11.5. The van der Waals surface area contributed by atoms with Gasteiger partial charge in [0.1, 0.15) is 6.10 Å². The molecule has 2 aliphatic rings. The molecule has 2 fully saturated rings. The molecule has 3 heterocycles. The van der Waals surface area contributed by atoms with Gasteiger partial charge in [0.05, 0.1) is 13.1 Å². The summed E-state index contributed by atoms with van der Waals surface area (Å²) in [6.07, 6.45) is -1.52. The quantitative estimate of drug-likeness (QED) is 0.493. The highest BCUT2D eigenvalue weighted by Gasteiger charge is 2.44. The zero-order chi connectivity index (χ0) is 25.2. The van der Waals surface area contributed by atoms with Crippen LogP contribution in [0.5, 0.6) is 6.01 Å². The van der Waals surface area contributed by atoms with Crippen molar-refractivity contribution in [3.63, 3.8) is 0 Å². The normalized spacial score (nSPS) is 19.3. The molecule has 2 aromatic heterocycles. The Balaban J connectivity index is 1.76. The predicted octanol–water partition coefficient (Wildman–Crippen LogP) is 1.71. The van der Waals surface area contributed by atoms with Crippen LogP contribution in [0, 0.1) is 11.8 Å². The van der Waals surface area contributed by atoms with Gasteiger partial charge < -0.3 is 19.7 Å². The van der Waals surface area contributed by atoms with E-state index in [1.807, 2.05) is 0 Å². The van der Waals surface area contributed by atoms with E-state index in [2.05, 4.69) is 27.1 Å². The van der Waals surface area contributed by atoms with E-state index in [0.717, 1.165) is 32.1 Å². The first kappa shape index (κ1) is 24.8. The van der Waals surface area contributed by atoms with Crippen molar-refractivity contribution in [1.82, 2.24) is 24.4 Å². The van der Waals surface area contributed by atoms with E-state index >= 15 is 0 Å². The molecule has 0 bridgehead atoms. The maximum absolute atomic E-state index is 13.3. The summed E-state index contributed by atoms with van der Waals surface area (Å²) in [5, 5.41) is 2.91. The number of alkyl halides is 3. The number of imidazole rings is 1. The molecule has 1 aliphatic carbocycles. The van der Waals surface area contributed by atoms with Crippen LogP contribution < -0.4 is 20.5 Å². The molecule has 0 spiro atoms. The van der Waals surface area contributed by atoms with E-state index in [1.165, 1.54) is 14.0 Å². The minimum absolute atomic E-state index is 0.0476. The van der Waals surface area contributed by atoms with Crippen molar-refractivity contribution in [2.75, 3.05) is 24.5 Å². The molecular formula is C22H27F3N6O4. The third kappa shape index (κ3) is 5.22. The van der Waals surface area contributed by atoms with Crippen LogP contribution in [0.15, 0.2) is 4.79 Å². The standard InChI is InChI=1S/C22H27F3N6O4/c1-3-4-11-31-16-17(28-21(29(2)18(16)32)34-14-8-6-5-7-9-14)27-20(31)30-12-10-26-13-15(30)35-19(33)22(23,24)25/h14-15,26H,5-13H2,1-2H3. The molecule has 1 unspecified atom stereocenters. The fraction of sp³-hybridized carbons (Fsp3) is 0.636. The van der Waals surface area contributed by atoms with Crippen LogP contribution in [-0.2, 0) is 23.1 Å². The van der Waals surface area contributed by atoms with Gasteiger partial charge in [-0.2, -0.15) is 23.1 Å². The number of ether oxygens (including phenoxy) is 2. The van der Waals surface area contributed by atoms with Gasteiger partial charge in [-0.05, 0) is 32.6 Å². The number of hydrogen-bond donors (Lipinski definition) is 1. The number of nitrogens with zero attached hydrogens (tertiary/aromatic N) is 5. The monoisotopic (exact) mass is 496 g/mol. The van der Waals surface area contributed by atoms with E-state index in [-0.39, 0.29) is 48.9 Å². The highest BCUT2D eigenvalue weighted by atomic mass is 19.4. The summed E-state index contributed by atoms with van der Waals surface area (Å²) in [6.45, 7) is 2.22. The van der Waals surface area contributed by atoms with Crippen molar-refractivity contribution in [3.8, 4) is 17.9 Å². The Hall–Kier alpha value is -3.27. The van der Waals surface area contributed by atoms with Gasteiger partial charge in [-0.15, -0.1) is 5.92 Å². The number of nitrogens with one attached hydrogen (secondary N) is 1. The SMILES string of the molecule is CC#CCn1c(N2CCNCC2OC(=O)C(F)(F)F)nc2nc(OC3CCCCC3)n(C)c(=O)c21. The second-order valence-corrected chi connectivity index (χ2v) is 8.49. The van der Waals surface area contributed by atoms with Crippen molar-refractivity contribution in [3.05, 3.63) is 10.4 Å². The van der Waals surface area contributed by atoms with Gasteiger partial charge in [0, 0.05) is 20.1 Å². The lowest BCUT2D eigenvalue weighted by atomic mass is 9.98. The molecule has 1 saturated carbocycles. The van der Waals surface area contributed by atoms with Crippen molar-refractivity contribution < 1.29 is 27.4 Å². The number of piperazine rings is 1. The average Bonchev–Trinajstić information content (AvgIpc) is 3.19. The topological polar surface area (TPSA) is 104 Å². The summed E-state index contributed by atoms with van der Waals surface area (Å²) in [5.41, 5.74) is -0.191. The zero-order valence-corrected chi connectivity index (χ0v) is 19.5. The van der Waals surface area contributed by atoms with Crippen LogP contribution in [0.3, 0.4) is 0 Å². The van der Waals surface area contributed by atoms with Crippen LogP contribution >= 0.6 is 0 Å². The number of carbonyl (C=O) groups excluding carboxylic acids is 1. The number of anilines is 1. The van der Waals surface area contributed by atoms with Gasteiger partial charge in [0.25, 0.3) is 5.56 Å². The van der Waals surface area contributed by atoms with Gasteiger partial charge in [-0.25, -0.2) is 4.79 Å². The van der Waals surface area contributed by atoms with E-state index in [0.29, 0.717) is 6.54 Å². The summed E-state index contributed by atoms with van der Waals surface area (Å²) in [4.78, 5) is 35.2. The van der Waals surface area contributed by atoms with Crippen LogP contribution in [0.2, 0.25) is 0 Å². The van der Waals surface area contributed by atoms with Gasteiger partial charge in [-0.3, -0.25) is 13.9 Å². The summed E-state index contributed by atoms with van der Waals surface area (Å²) in [5.74, 6) is 3.45. The summed E-state index contributed by atoms with van der Waals surface area (Å²) in [6, 6.07) is 0.132. The largest absolute Gasteiger partial charge is 0.491 e. The van der Waals surface area contributed by atoms with E-state index in [9.17, 15) is 22.8 Å². The Bertz CT molecular complexity index is 1210. The number of aromatic nitrogens is 4. The number of rotatable bonds is 5. The van der Waals surface area contributed by atoms with Gasteiger partial charge in [-0.1, -0.05) is 12.3 Å². The van der Waals surface area contributed by atoms with Gasteiger partial charge >= 0.3 is 18.2 Å². The molecule has 1 N–H and O–H groups in total. The molecule has 13 heteroatoms. The highest BCUT2D eigenvalue weighted by Crippen LogP contribution is 2.27. The number of esters is 1. The molecular weight excluding hydrogens is 469 g/mol. The Morgan fingerprint density at radius 1 is 1.23 bits per heavy atom. The summed E-state index contributed by atoms with van der Waals surface area (Å²) >= 11 is 0. The third-order valence-electron chi connectivity index (χ3n) is 6.09. The highest BCUT2D eigenvalue weighted by molar-refractivity contribution is 5.77. The predicted molar refractivity (Wildman–Crippen MR) is 120 cm³/mol. The van der Waals surface area contributed by atoms with E-state index in [1.54, 1.807) is 14.0 Å². The number of hydrogen-bond acceptors (Lipinski definition) is 8. The molecule has 35 heavy (non-hydrogen) atoms. The maximum atomic E-state index is 13.3. The molecule has 0 aromatic carbocycles. The Kier molecular flexibility index (Phi) is 7.20. The minimum atomic E-state index is -5.14. The molecule has 1 saturated heterocycles. The molecule has 0 amide bonds. The molecule has 190 valence electrons. The summed E-state index contributed by atoms with van der Waals surface area (Å²) in [7, 11) is 1.55. The molecule has 1 aliphatic heterocycles. The second kappa shape index (κ2) is 10.2. The number of halogens is 3. The molecule has 1 atom stereocenters. The van der Waals surface area contributed by atoms with Crippen LogP contribution in [0.4, 0.5) is 19.1 Å². The minimum Gasteiger partial charge on any atom is -0.461 e. The fourth-order valence-electron chi connectivity index (χ4n) is 4.30. The van der Waals surface area contributed by atoms with Crippen molar-refractivity contribution in [1.29, 1.82) is 0 Å². The third-order valence-corrected chi connectivity index (χ3v) is 6.09. The lowest BCUT2D eigenvalue weighted by molar-refractivity contribution is -0.205. The summed E-state index contributed by atoms with van der Waals surface area (Å²) < 4.78 is 52.1. The molecule has 2 aromatic rings. The van der Waals surface area contributed by atoms with Crippen molar-refractivity contribution >= 4 is 23.1 Å². The van der Waals surface area contributed by atoms with Crippen LogP contribution in [-0.4, -0.2) is 63.2 Å². The Morgan fingerprint density at radius 3 is 2.66 bits per heavy atom. The first-order chi connectivity index (χ1) is 16.7. The van der Waals surface area contributed by atoms with E-state index < -0.39 is 23.9 Å².